The van der Waals surface area contributed by atoms with Crippen LogP contribution in [0.1, 0.15) is 18.4 Å². The van der Waals surface area contributed by atoms with Gasteiger partial charge in [0.25, 0.3) is 0 Å². The molecule has 0 radical (unpaired) electrons. The number of primary amides is 1. The molecule has 1 saturated heterocycles. The number of rotatable bonds is 6. The zero-order valence-corrected chi connectivity index (χ0v) is 15.9. The molecule has 3 amide bonds. The number of nitrogens with two attached hydrogens (primary N) is 1. The molecule has 0 spiro atoms. The summed E-state index contributed by atoms with van der Waals surface area (Å²) >= 11 is 0. The monoisotopic (exact) mass is 382 g/mol. The number of nitrogens with one attached hydrogen (secondary N) is 2. The van der Waals surface area contributed by atoms with Gasteiger partial charge in [0.2, 0.25) is 5.91 Å². The Morgan fingerprint density at radius 1 is 1.35 bits per heavy atom. The van der Waals surface area contributed by atoms with Crippen molar-refractivity contribution < 1.29 is 18.0 Å². The van der Waals surface area contributed by atoms with Gasteiger partial charge in [-0.25, -0.2) is 13.2 Å². The fourth-order valence-corrected chi connectivity index (χ4v) is 3.60. The number of amides is 3. The SMILES string of the molecule is Cc1ccc(S(C)(=O)=O)cc1NC(=O)NCCN1CCC[C@@H](C(N)=O)C1. The van der Waals surface area contributed by atoms with E-state index in [1.54, 1.807) is 13.0 Å². The summed E-state index contributed by atoms with van der Waals surface area (Å²) in [6.45, 7) is 4.33. The fraction of sp³-hybridized carbons (Fsp3) is 0.529. The van der Waals surface area contributed by atoms with E-state index in [2.05, 4.69) is 15.5 Å². The van der Waals surface area contributed by atoms with E-state index >= 15 is 0 Å². The topological polar surface area (TPSA) is 122 Å². The molecule has 0 unspecified atom stereocenters. The van der Waals surface area contributed by atoms with Gasteiger partial charge >= 0.3 is 6.03 Å². The van der Waals surface area contributed by atoms with Crippen molar-refractivity contribution in [3.05, 3.63) is 23.8 Å². The van der Waals surface area contributed by atoms with E-state index in [1.165, 1.54) is 12.1 Å². The predicted molar refractivity (Wildman–Crippen MR) is 99.7 cm³/mol. The molecule has 8 nitrogen and oxygen atoms in total. The van der Waals surface area contributed by atoms with Crippen LogP contribution in [0, 0.1) is 12.8 Å². The molecule has 1 aliphatic heterocycles. The van der Waals surface area contributed by atoms with Crippen molar-refractivity contribution in [2.45, 2.75) is 24.7 Å². The Bertz CT molecular complexity index is 779. The number of nitrogens with zero attached hydrogens (tertiary/aromatic N) is 1. The number of anilines is 1. The summed E-state index contributed by atoms with van der Waals surface area (Å²) in [7, 11) is -3.34. The van der Waals surface area contributed by atoms with E-state index in [0.717, 1.165) is 31.2 Å². The smallest absolute Gasteiger partial charge is 0.319 e. The molecule has 1 aromatic rings. The average Bonchev–Trinajstić information content (AvgIpc) is 2.56. The Morgan fingerprint density at radius 3 is 2.73 bits per heavy atom. The Hall–Kier alpha value is -2.13. The van der Waals surface area contributed by atoms with Gasteiger partial charge in [-0.3, -0.25) is 4.79 Å². The lowest BCUT2D eigenvalue weighted by Gasteiger charge is -2.31. The highest BCUT2D eigenvalue weighted by atomic mass is 32.2. The second kappa shape index (κ2) is 8.50. The number of carbonyl (C=O) groups is 2. The number of benzene rings is 1. The van der Waals surface area contributed by atoms with Gasteiger partial charge in [-0.1, -0.05) is 6.07 Å². The van der Waals surface area contributed by atoms with Gasteiger partial charge < -0.3 is 21.3 Å². The zero-order valence-electron chi connectivity index (χ0n) is 15.1. The fourth-order valence-electron chi connectivity index (χ4n) is 2.95. The van der Waals surface area contributed by atoms with Crippen LogP contribution in [-0.4, -0.2) is 57.7 Å². The van der Waals surface area contributed by atoms with Gasteiger partial charge in [0, 0.05) is 31.6 Å². The summed E-state index contributed by atoms with van der Waals surface area (Å²) < 4.78 is 23.3. The molecular formula is C17H26N4O4S. The molecule has 0 aromatic heterocycles. The first kappa shape index (κ1) is 20.2. The second-order valence-electron chi connectivity index (χ2n) is 6.67. The lowest BCUT2D eigenvalue weighted by Crippen LogP contribution is -2.44. The third-order valence-corrected chi connectivity index (χ3v) is 5.62. The van der Waals surface area contributed by atoms with Gasteiger partial charge in [-0.05, 0) is 44.0 Å². The molecule has 26 heavy (non-hydrogen) atoms. The van der Waals surface area contributed by atoms with E-state index in [4.69, 9.17) is 5.73 Å². The lowest BCUT2D eigenvalue weighted by atomic mass is 9.97. The van der Waals surface area contributed by atoms with Gasteiger partial charge in [0.1, 0.15) is 0 Å². The quantitative estimate of drug-likeness (QED) is 0.669. The molecule has 1 aliphatic rings. The van der Waals surface area contributed by atoms with Crippen LogP contribution in [0.5, 0.6) is 0 Å². The normalized spacial score (nSPS) is 18.3. The lowest BCUT2D eigenvalue weighted by molar-refractivity contribution is -0.123. The van der Waals surface area contributed by atoms with Crippen molar-refractivity contribution in [1.82, 2.24) is 10.2 Å². The number of carbonyl (C=O) groups excluding carboxylic acids is 2. The van der Waals surface area contributed by atoms with Gasteiger partial charge in [-0.2, -0.15) is 0 Å². The van der Waals surface area contributed by atoms with Gasteiger partial charge in [0.05, 0.1) is 10.8 Å². The van der Waals surface area contributed by atoms with Crippen LogP contribution in [0.25, 0.3) is 0 Å². The van der Waals surface area contributed by atoms with Crippen LogP contribution in [0.4, 0.5) is 10.5 Å². The number of hydrogen-bond donors (Lipinski definition) is 3. The highest BCUT2D eigenvalue weighted by Crippen LogP contribution is 2.20. The predicted octanol–water partition coefficient (Wildman–Crippen LogP) is 0.717. The van der Waals surface area contributed by atoms with Gasteiger partial charge in [0.15, 0.2) is 9.84 Å². The third-order valence-electron chi connectivity index (χ3n) is 4.51. The standard InChI is InChI=1S/C17H26N4O4S/c1-12-5-6-14(26(2,24)25)10-15(12)20-17(23)19-7-9-21-8-3-4-13(11-21)16(18)22/h5-6,10,13H,3-4,7-9,11H2,1-2H3,(H2,18,22)(H2,19,20,23)/t13-/m1/s1. The van der Waals surface area contributed by atoms with Crippen molar-refractivity contribution >= 4 is 27.5 Å². The number of likely N-dealkylation sites (tertiary alicyclic amines) is 1. The van der Waals surface area contributed by atoms with E-state index < -0.39 is 15.9 Å². The molecule has 0 aliphatic carbocycles. The number of urea groups is 1. The Labute approximate surface area is 154 Å². The third kappa shape index (κ3) is 5.70. The Morgan fingerprint density at radius 2 is 2.08 bits per heavy atom. The first-order valence-electron chi connectivity index (χ1n) is 8.54. The molecule has 4 N–H and O–H groups in total. The van der Waals surface area contributed by atoms with Crippen molar-refractivity contribution in [2.75, 3.05) is 37.8 Å². The molecule has 144 valence electrons. The number of sulfone groups is 1. The maximum atomic E-state index is 12.1. The van der Waals surface area contributed by atoms with Crippen LogP contribution in [-0.2, 0) is 14.6 Å². The molecule has 0 saturated carbocycles. The van der Waals surface area contributed by atoms with Crippen LogP contribution in [0.3, 0.4) is 0 Å². The molecule has 1 fully saturated rings. The van der Waals surface area contributed by atoms with Crippen LogP contribution in [0.2, 0.25) is 0 Å². The summed E-state index contributed by atoms with van der Waals surface area (Å²) in [6, 6.07) is 4.22. The second-order valence-corrected chi connectivity index (χ2v) is 8.69. The first-order chi connectivity index (χ1) is 12.2. The highest BCUT2D eigenvalue weighted by molar-refractivity contribution is 7.90. The molecule has 0 bridgehead atoms. The summed E-state index contributed by atoms with van der Waals surface area (Å²) in [5, 5.41) is 5.43. The number of aryl methyl sites for hydroxylation is 1. The molecular weight excluding hydrogens is 356 g/mol. The molecule has 2 rings (SSSR count). The maximum absolute atomic E-state index is 12.1. The van der Waals surface area contributed by atoms with E-state index in [9.17, 15) is 18.0 Å². The van der Waals surface area contributed by atoms with E-state index in [-0.39, 0.29) is 16.7 Å². The molecule has 1 heterocycles. The van der Waals surface area contributed by atoms with Crippen LogP contribution in [0.15, 0.2) is 23.1 Å². The minimum absolute atomic E-state index is 0.126. The van der Waals surface area contributed by atoms with Crippen LogP contribution < -0.4 is 16.4 Å². The summed E-state index contributed by atoms with van der Waals surface area (Å²) in [4.78, 5) is 25.6. The summed E-state index contributed by atoms with van der Waals surface area (Å²) in [5.41, 5.74) is 6.59. The number of piperidine rings is 1. The largest absolute Gasteiger partial charge is 0.369 e. The van der Waals surface area contributed by atoms with E-state index in [0.29, 0.717) is 25.3 Å². The van der Waals surface area contributed by atoms with Crippen molar-refractivity contribution in [1.29, 1.82) is 0 Å². The Kier molecular flexibility index (Phi) is 6.60. The minimum atomic E-state index is -3.34. The van der Waals surface area contributed by atoms with Gasteiger partial charge in [-0.15, -0.1) is 0 Å². The van der Waals surface area contributed by atoms with Crippen molar-refractivity contribution in [3.8, 4) is 0 Å². The zero-order chi connectivity index (χ0) is 19.3. The average molecular weight is 382 g/mol. The van der Waals surface area contributed by atoms with Crippen molar-refractivity contribution in [2.24, 2.45) is 11.7 Å². The maximum Gasteiger partial charge on any atom is 0.319 e. The number of hydrogen-bond acceptors (Lipinski definition) is 5. The summed E-state index contributed by atoms with van der Waals surface area (Å²) in [5.74, 6) is -0.402. The van der Waals surface area contributed by atoms with Crippen LogP contribution >= 0.6 is 0 Å². The first-order valence-corrected chi connectivity index (χ1v) is 10.4. The Balaban J connectivity index is 1.85. The molecule has 1 aromatic carbocycles. The van der Waals surface area contributed by atoms with Crippen molar-refractivity contribution in [3.63, 3.8) is 0 Å². The summed E-state index contributed by atoms with van der Waals surface area (Å²) in [6.07, 6.45) is 2.85. The van der Waals surface area contributed by atoms with E-state index in [1.807, 2.05) is 0 Å². The molecule has 1 atom stereocenters. The minimum Gasteiger partial charge on any atom is -0.369 e. The molecule has 9 heteroatoms. The highest BCUT2D eigenvalue weighted by Gasteiger charge is 2.23.